The van der Waals surface area contributed by atoms with Gasteiger partial charge in [0.2, 0.25) is 11.7 Å². The lowest BCUT2D eigenvalue weighted by Gasteiger charge is -2.10. The highest BCUT2D eigenvalue weighted by atomic mass is 35.5. The minimum absolute atomic E-state index is 0.149. The van der Waals surface area contributed by atoms with E-state index in [1.165, 1.54) is 13.0 Å². The van der Waals surface area contributed by atoms with E-state index in [0.29, 0.717) is 21.9 Å². The van der Waals surface area contributed by atoms with Crippen molar-refractivity contribution in [2.75, 3.05) is 5.32 Å². The second kappa shape index (κ2) is 6.81. The number of hydrogen-bond acceptors (Lipinski definition) is 5. The van der Waals surface area contributed by atoms with Gasteiger partial charge < -0.3 is 9.88 Å². The predicted octanol–water partition coefficient (Wildman–Crippen LogP) is 3.89. The van der Waals surface area contributed by atoms with Gasteiger partial charge in [0.1, 0.15) is 5.82 Å². The highest BCUT2D eigenvalue weighted by molar-refractivity contribution is 6.30. The molecule has 4 rings (SSSR count). The Morgan fingerprint density at radius 2 is 2.07 bits per heavy atom. The standard InChI is InChI=1S/C18H13ClFN5O2/c1-10(26)21-17-16(23-27-24-17)18-22-14-4-2-3-5-15(14)25(18)9-11-6-7-12(19)8-13(11)20/h2-8H,9H2,1H3,(H,21,24,26). The lowest BCUT2D eigenvalue weighted by molar-refractivity contribution is -0.114. The third-order valence-electron chi connectivity index (χ3n) is 3.99. The molecule has 2 heterocycles. The molecule has 0 bridgehead atoms. The minimum Gasteiger partial charge on any atom is -0.318 e. The average molecular weight is 386 g/mol. The molecule has 0 fully saturated rings. The summed E-state index contributed by atoms with van der Waals surface area (Å²) in [4.78, 5) is 16.0. The first-order valence-corrected chi connectivity index (χ1v) is 8.40. The van der Waals surface area contributed by atoms with Crippen LogP contribution in [0.5, 0.6) is 0 Å². The number of nitrogens with one attached hydrogen (secondary N) is 1. The van der Waals surface area contributed by atoms with Crippen LogP contribution in [0.3, 0.4) is 0 Å². The maximum Gasteiger partial charge on any atom is 0.222 e. The van der Waals surface area contributed by atoms with Gasteiger partial charge in [-0.05, 0) is 34.6 Å². The number of fused-ring (bicyclic) bond motifs is 1. The number of carbonyl (C=O) groups excluding carboxylic acids is 1. The van der Waals surface area contributed by atoms with Crippen LogP contribution in [0, 0.1) is 5.82 Å². The lowest BCUT2D eigenvalue weighted by atomic mass is 10.2. The molecule has 0 atom stereocenters. The Hall–Kier alpha value is -3.26. The van der Waals surface area contributed by atoms with Crippen molar-refractivity contribution in [1.82, 2.24) is 19.9 Å². The Morgan fingerprint density at radius 1 is 1.26 bits per heavy atom. The normalized spacial score (nSPS) is 11.1. The first kappa shape index (κ1) is 17.2. The number of para-hydroxylation sites is 2. The molecule has 9 heteroatoms. The molecule has 0 aliphatic heterocycles. The first-order valence-electron chi connectivity index (χ1n) is 8.02. The molecule has 1 amide bonds. The number of benzene rings is 2. The highest BCUT2D eigenvalue weighted by Crippen LogP contribution is 2.29. The molecule has 0 saturated heterocycles. The number of nitrogens with zero attached hydrogens (tertiary/aromatic N) is 4. The van der Waals surface area contributed by atoms with Gasteiger partial charge >= 0.3 is 0 Å². The number of carbonyl (C=O) groups is 1. The van der Waals surface area contributed by atoms with Crippen molar-refractivity contribution < 1.29 is 13.8 Å². The zero-order valence-electron chi connectivity index (χ0n) is 14.1. The van der Waals surface area contributed by atoms with Crippen molar-refractivity contribution in [2.45, 2.75) is 13.5 Å². The third kappa shape index (κ3) is 3.26. The van der Waals surface area contributed by atoms with E-state index in [1.54, 1.807) is 16.7 Å². The maximum absolute atomic E-state index is 14.3. The van der Waals surface area contributed by atoms with Crippen LogP contribution in [0.2, 0.25) is 5.02 Å². The summed E-state index contributed by atoms with van der Waals surface area (Å²) in [5.74, 6) is -0.198. The summed E-state index contributed by atoms with van der Waals surface area (Å²) >= 11 is 5.85. The Bertz CT molecular complexity index is 1150. The van der Waals surface area contributed by atoms with Crippen molar-refractivity contribution in [1.29, 1.82) is 0 Å². The van der Waals surface area contributed by atoms with E-state index in [2.05, 4.69) is 20.6 Å². The Morgan fingerprint density at radius 3 is 2.85 bits per heavy atom. The lowest BCUT2D eigenvalue weighted by Crippen LogP contribution is -2.09. The second-order valence-corrected chi connectivity index (χ2v) is 6.33. The molecular weight excluding hydrogens is 373 g/mol. The van der Waals surface area contributed by atoms with E-state index in [-0.39, 0.29) is 24.0 Å². The van der Waals surface area contributed by atoms with E-state index < -0.39 is 5.82 Å². The number of hydrogen-bond donors (Lipinski definition) is 1. The topological polar surface area (TPSA) is 85.8 Å². The molecular formula is C18H13ClFN5O2. The van der Waals surface area contributed by atoms with Crippen LogP contribution in [-0.4, -0.2) is 25.8 Å². The zero-order valence-corrected chi connectivity index (χ0v) is 14.9. The number of aromatic nitrogens is 4. The van der Waals surface area contributed by atoms with Gasteiger partial charge in [0.25, 0.3) is 0 Å². The summed E-state index contributed by atoms with van der Waals surface area (Å²) in [7, 11) is 0. The van der Waals surface area contributed by atoms with Crippen LogP contribution >= 0.6 is 11.6 Å². The van der Waals surface area contributed by atoms with E-state index in [9.17, 15) is 9.18 Å². The summed E-state index contributed by atoms with van der Waals surface area (Å²) < 4.78 is 20.9. The van der Waals surface area contributed by atoms with Crippen LogP contribution in [0.1, 0.15) is 12.5 Å². The first-order chi connectivity index (χ1) is 13.0. The van der Waals surface area contributed by atoms with Gasteiger partial charge in [-0.1, -0.05) is 29.8 Å². The molecule has 0 aliphatic carbocycles. The molecule has 4 aromatic rings. The van der Waals surface area contributed by atoms with Gasteiger partial charge in [-0.25, -0.2) is 14.0 Å². The quantitative estimate of drug-likeness (QED) is 0.576. The number of rotatable bonds is 4. The van der Waals surface area contributed by atoms with Gasteiger partial charge in [-0.15, -0.1) is 0 Å². The largest absolute Gasteiger partial charge is 0.318 e. The summed E-state index contributed by atoms with van der Waals surface area (Å²) in [6.07, 6.45) is 0. The van der Waals surface area contributed by atoms with Crippen LogP contribution in [0.25, 0.3) is 22.6 Å². The molecule has 136 valence electrons. The van der Waals surface area contributed by atoms with Crippen molar-refractivity contribution in [3.63, 3.8) is 0 Å². The van der Waals surface area contributed by atoms with Gasteiger partial charge in [0.05, 0.1) is 17.6 Å². The molecule has 0 saturated carbocycles. The summed E-state index contributed by atoms with van der Waals surface area (Å²) in [6, 6.07) is 11.9. The van der Waals surface area contributed by atoms with Crippen molar-refractivity contribution in [2.24, 2.45) is 0 Å². The number of imidazole rings is 1. The molecule has 0 spiro atoms. The monoisotopic (exact) mass is 385 g/mol. The summed E-state index contributed by atoms with van der Waals surface area (Å²) in [5, 5.41) is 10.5. The zero-order chi connectivity index (χ0) is 19.0. The molecule has 2 aromatic heterocycles. The SMILES string of the molecule is CC(=O)Nc1nonc1-c1nc2ccccc2n1Cc1ccc(Cl)cc1F. The fourth-order valence-corrected chi connectivity index (χ4v) is 2.98. The van der Waals surface area contributed by atoms with Crippen LogP contribution < -0.4 is 5.32 Å². The Kier molecular flexibility index (Phi) is 4.33. The number of amides is 1. The van der Waals surface area contributed by atoms with Gasteiger partial charge in [0.15, 0.2) is 11.5 Å². The van der Waals surface area contributed by atoms with Gasteiger partial charge in [-0.2, -0.15) is 0 Å². The average Bonchev–Trinajstić information content (AvgIpc) is 3.21. The van der Waals surface area contributed by atoms with Crippen LogP contribution in [0.4, 0.5) is 10.2 Å². The van der Waals surface area contributed by atoms with E-state index in [1.807, 2.05) is 24.3 Å². The van der Waals surface area contributed by atoms with Crippen LogP contribution in [0.15, 0.2) is 47.1 Å². The van der Waals surface area contributed by atoms with Gasteiger partial charge in [-0.3, -0.25) is 4.79 Å². The smallest absolute Gasteiger partial charge is 0.222 e. The van der Waals surface area contributed by atoms with Gasteiger partial charge in [0, 0.05) is 17.5 Å². The van der Waals surface area contributed by atoms with Crippen molar-refractivity contribution >= 4 is 34.4 Å². The summed E-state index contributed by atoms with van der Waals surface area (Å²) in [5.41, 5.74) is 2.16. The fraction of sp³-hybridized carbons (Fsp3) is 0.111. The number of halogens is 2. The molecule has 1 N–H and O–H groups in total. The predicted molar refractivity (Wildman–Crippen MR) is 97.8 cm³/mol. The molecule has 2 aromatic carbocycles. The van der Waals surface area contributed by atoms with E-state index >= 15 is 0 Å². The maximum atomic E-state index is 14.3. The summed E-state index contributed by atoms with van der Waals surface area (Å²) in [6.45, 7) is 1.54. The van der Waals surface area contributed by atoms with E-state index in [4.69, 9.17) is 16.2 Å². The second-order valence-electron chi connectivity index (χ2n) is 5.89. The Labute approximate surface area is 157 Å². The molecule has 27 heavy (non-hydrogen) atoms. The molecule has 0 aliphatic rings. The Balaban J connectivity index is 1.88. The van der Waals surface area contributed by atoms with Crippen molar-refractivity contribution in [3.05, 3.63) is 58.9 Å². The van der Waals surface area contributed by atoms with Crippen molar-refractivity contribution in [3.8, 4) is 11.5 Å². The van der Waals surface area contributed by atoms with Crippen LogP contribution in [-0.2, 0) is 11.3 Å². The fourth-order valence-electron chi connectivity index (χ4n) is 2.82. The third-order valence-corrected chi connectivity index (χ3v) is 4.23. The molecule has 0 radical (unpaired) electrons. The molecule has 0 unspecified atom stereocenters. The van der Waals surface area contributed by atoms with E-state index in [0.717, 1.165) is 5.52 Å². The number of anilines is 1. The molecule has 7 nitrogen and oxygen atoms in total. The minimum atomic E-state index is -0.424. The highest BCUT2D eigenvalue weighted by Gasteiger charge is 2.22.